The Hall–Kier alpha value is -0.730. The first kappa shape index (κ1) is 15.7. The number of rotatable bonds is 3. The van der Waals surface area contributed by atoms with E-state index in [9.17, 15) is 9.90 Å². The average Bonchev–Trinajstić information content (AvgIpc) is 2.87. The molecule has 7 nitrogen and oxygen atoms in total. The molecule has 0 saturated carbocycles. The Kier molecular flexibility index (Phi) is 4.10. The number of aliphatic hydroxyl groups excluding tert-OH is 1. The van der Waals surface area contributed by atoms with Crippen LogP contribution >= 0.6 is 0 Å². The van der Waals surface area contributed by atoms with Gasteiger partial charge in [0.25, 0.3) is 0 Å². The topological polar surface area (TPSA) is 83.5 Å². The molecule has 0 amide bonds. The van der Waals surface area contributed by atoms with Crippen LogP contribution in [0.4, 0.5) is 0 Å². The highest BCUT2D eigenvalue weighted by atomic mass is 16.8. The first-order chi connectivity index (χ1) is 9.15. The van der Waals surface area contributed by atoms with Gasteiger partial charge in [-0.15, -0.1) is 0 Å². The van der Waals surface area contributed by atoms with Crippen molar-refractivity contribution in [3.63, 3.8) is 0 Å². The Morgan fingerprint density at radius 2 is 1.85 bits per heavy atom. The van der Waals surface area contributed by atoms with Gasteiger partial charge in [-0.25, -0.2) is 4.79 Å². The van der Waals surface area contributed by atoms with Crippen LogP contribution in [0.25, 0.3) is 0 Å². The van der Waals surface area contributed by atoms with E-state index in [1.165, 1.54) is 7.11 Å². The third-order valence-electron chi connectivity index (χ3n) is 3.31. The van der Waals surface area contributed by atoms with Crippen molar-refractivity contribution in [3.8, 4) is 0 Å². The molecular weight excluding hydrogens is 268 g/mol. The van der Waals surface area contributed by atoms with Gasteiger partial charge >= 0.3 is 5.97 Å². The minimum atomic E-state index is -1.05. The molecular formula is C13H22O7. The van der Waals surface area contributed by atoms with Crippen molar-refractivity contribution < 1.29 is 33.6 Å². The minimum Gasteiger partial charge on any atom is -0.467 e. The highest BCUT2D eigenvalue weighted by molar-refractivity contribution is 5.75. The van der Waals surface area contributed by atoms with Crippen molar-refractivity contribution in [2.45, 2.75) is 63.7 Å². The predicted octanol–water partition coefficient (Wildman–Crippen LogP) is 0.192. The first-order valence-corrected chi connectivity index (χ1v) is 6.58. The molecule has 1 N–H and O–H groups in total. The molecule has 0 aromatic heterocycles. The van der Waals surface area contributed by atoms with Crippen LogP contribution in [0.2, 0.25) is 0 Å². The number of carbonyl (C=O) groups is 1. The molecule has 2 heterocycles. The summed E-state index contributed by atoms with van der Waals surface area (Å²) >= 11 is 0. The van der Waals surface area contributed by atoms with Crippen molar-refractivity contribution >= 4 is 5.97 Å². The minimum absolute atomic E-state index is 0.225. The van der Waals surface area contributed by atoms with Crippen LogP contribution in [0.5, 0.6) is 0 Å². The normalized spacial score (nSPS) is 36.8. The second-order valence-electron chi connectivity index (χ2n) is 5.90. The SMILES string of the molecule is COC(=O)C1OC(C)(C)OC1C(O)C1COC(C)(C)O1. The Morgan fingerprint density at radius 1 is 1.20 bits per heavy atom. The van der Waals surface area contributed by atoms with Crippen LogP contribution in [0.15, 0.2) is 0 Å². The second kappa shape index (κ2) is 5.23. The smallest absolute Gasteiger partial charge is 0.337 e. The van der Waals surface area contributed by atoms with Gasteiger partial charge in [-0.2, -0.15) is 0 Å². The van der Waals surface area contributed by atoms with Crippen LogP contribution in [0, 0.1) is 0 Å². The molecule has 0 aromatic rings. The predicted molar refractivity (Wildman–Crippen MR) is 66.8 cm³/mol. The number of hydrogen-bond acceptors (Lipinski definition) is 7. The fourth-order valence-electron chi connectivity index (χ4n) is 2.43. The van der Waals surface area contributed by atoms with Crippen molar-refractivity contribution in [1.82, 2.24) is 0 Å². The summed E-state index contributed by atoms with van der Waals surface area (Å²) in [6, 6.07) is 0. The van der Waals surface area contributed by atoms with Crippen molar-refractivity contribution in [3.05, 3.63) is 0 Å². The van der Waals surface area contributed by atoms with Crippen molar-refractivity contribution in [2.75, 3.05) is 13.7 Å². The molecule has 2 rings (SSSR count). The number of esters is 1. The fraction of sp³-hybridized carbons (Fsp3) is 0.923. The number of ether oxygens (including phenoxy) is 5. The van der Waals surface area contributed by atoms with E-state index >= 15 is 0 Å². The second-order valence-corrected chi connectivity index (χ2v) is 5.90. The summed E-state index contributed by atoms with van der Waals surface area (Å²) in [5, 5.41) is 10.4. The van der Waals surface area contributed by atoms with E-state index in [1.54, 1.807) is 27.7 Å². The quantitative estimate of drug-likeness (QED) is 0.743. The maximum atomic E-state index is 11.7. The number of hydrogen-bond donors (Lipinski definition) is 1. The average molecular weight is 290 g/mol. The van der Waals surface area contributed by atoms with Gasteiger partial charge in [-0.3, -0.25) is 0 Å². The monoisotopic (exact) mass is 290 g/mol. The summed E-state index contributed by atoms with van der Waals surface area (Å²) in [7, 11) is 1.26. The summed E-state index contributed by atoms with van der Waals surface area (Å²) in [5.41, 5.74) is 0. The van der Waals surface area contributed by atoms with E-state index in [4.69, 9.17) is 18.9 Å². The Balaban J connectivity index is 2.11. The summed E-state index contributed by atoms with van der Waals surface area (Å²) < 4.78 is 26.8. The zero-order chi connectivity index (χ0) is 15.1. The Labute approximate surface area is 118 Å². The molecule has 2 aliphatic heterocycles. The third-order valence-corrected chi connectivity index (χ3v) is 3.31. The third kappa shape index (κ3) is 3.12. The summed E-state index contributed by atoms with van der Waals surface area (Å²) in [5.74, 6) is -2.32. The van der Waals surface area contributed by atoms with Gasteiger partial charge in [0.1, 0.15) is 18.3 Å². The molecule has 4 unspecified atom stereocenters. The van der Waals surface area contributed by atoms with Gasteiger partial charge < -0.3 is 28.8 Å². The Morgan fingerprint density at radius 3 is 2.35 bits per heavy atom. The number of methoxy groups -OCH3 is 1. The number of aliphatic hydroxyl groups is 1. The van der Waals surface area contributed by atoms with E-state index in [2.05, 4.69) is 4.74 Å². The van der Waals surface area contributed by atoms with E-state index in [0.29, 0.717) is 0 Å². The molecule has 4 atom stereocenters. The summed E-state index contributed by atoms with van der Waals surface area (Å²) in [4.78, 5) is 11.7. The largest absolute Gasteiger partial charge is 0.467 e. The van der Waals surface area contributed by atoms with Gasteiger partial charge in [-0.05, 0) is 27.7 Å². The standard InChI is InChI=1S/C13H22O7/c1-12(2)17-6-7(18-12)8(14)9-10(11(15)16-5)20-13(3,4)19-9/h7-10,14H,6H2,1-5H3. The van der Waals surface area contributed by atoms with Gasteiger partial charge in [0.05, 0.1) is 13.7 Å². The highest BCUT2D eigenvalue weighted by Crippen LogP contribution is 2.34. The zero-order valence-electron chi connectivity index (χ0n) is 12.4. The van der Waals surface area contributed by atoms with E-state index in [1.807, 2.05) is 0 Å². The molecule has 7 heteroatoms. The fourth-order valence-corrected chi connectivity index (χ4v) is 2.43. The number of carbonyl (C=O) groups excluding carboxylic acids is 1. The molecule has 0 aliphatic carbocycles. The van der Waals surface area contributed by atoms with Gasteiger partial charge in [0, 0.05) is 0 Å². The molecule has 0 bridgehead atoms. The lowest BCUT2D eigenvalue weighted by atomic mass is 10.0. The molecule has 2 fully saturated rings. The zero-order valence-corrected chi connectivity index (χ0v) is 12.4. The van der Waals surface area contributed by atoms with E-state index < -0.39 is 42.0 Å². The molecule has 0 spiro atoms. The van der Waals surface area contributed by atoms with Crippen LogP contribution in [-0.2, 0) is 28.5 Å². The maximum Gasteiger partial charge on any atom is 0.337 e. The van der Waals surface area contributed by atoms with Crippen LogP contribution < -0.4 is 0 Å². The van der Waals surface area contributed by atoms with E-state index in [-0.39, 0.29) is 6.61 Å². The molecule has 20 heavy (non-hydrogen) atoms. The molecule has 2 saturated heterocycles. The van der Waals surface area contributed by atoms with Gasteiger partial charge in [-0.1, -0.05) is 0 Å². The van der Waals surface area contributed by atoms with E-state index in [0.717, 1.165) is 0 Å². The summed E-state index contributed by atoms with van der Waals surface area (Å²) in [6.45, 7) is 7.08. The lowest BCUT2D eigenvalue weighted by Gasteiger charge is -2.26. The van der Waals surface area contributed by atoms with Crippen LogP contribution in [-0.4, -0.2) is 60.8 Å². The van der Waals surface area contributed by atoms with Crippen LogP contribution in [0.3, 0.4) is 0 Å². The lowest BCUT2D eigenvalue weighted by Crippen LogP contribution is -2.47. The molecule has 0 radical (unpaired) electrons. The molecule has 0 aromatic carbocycles. The first-order valence-electron chi connectivity index (χ1n) is 6.58. The molecule has 2 aliphatic rings. The maximum absolute atomic E-state index is 11.7. The molecule has 116 valence electrons. The van der Waals surface area contributed by atoms with Gasteiger partial charge in [0.15, 0.2) is 17.7 Å². The van der Waals surface area contributed by atoms with Crippen molar-refractivity contribution in [2.24, 2.45) is 0 Å². The summed E-state index contributed by atoms with van der Waals surface area (Å²) in [6.07, 6.45) is -3.49. The Bertz CT molecular complexity index is 379. The van der Waals surface area contributed by atoms with Crippen molar-refractivity contribution in [1.29, 1.82) is 0 Å². The highest BCUT2D eigenvalue weighted by Gasteiger charge is 2.52. The lowest BCUT2D eigenvalue weighted by molar-refractivity contribution is -0.179. The van der Waals surface area contributed by atoms with Gasteiger partial charge in [0.2, 0.25) is 0 Å². The van der Waals surface area contributed by atoms with Crippen LogP contribution in [0.1, 0.15) is 27.7 Å².